The summed E-state index contributed by atoms with van der Waals surface area (Å²) in [6, 6.07) is 1.37. The molecule has 3 heteroatoms. The zero-order valence-electron chi connectivity index (χ0n) is 12.7. The molecule has 0 spiro atoms. The molecule has 2 N–H and O–H groups in total. The second kappa shape index (κ2) is 9.76. The fourth-order valence-electron chi connectivity index (χ4n) is 2.82. The molecule has 0 aromatic rings. The van der Waals surface area contributed by atoms with E-state index in [1.807, 2.05) is 0 Å². The Morgan fingerprint density at radius 1 is 1.22 bits per heavy atom. The maximum absolute atomic E-state index is 3.68. The summed E-state index contributed by atoms with van der Waals surface area (Å²) < 4.78 is 0. The lowest BCUT2D eigenvalue weighted by atomic mass is 10.0. The Morgan fingerprint density at radius 2 is 2.00 bits per heavy atom. The van der Waals surface area contributed by atoms with Crippen LogP contribution in [0.1, 0.15) is 52.9 Å². The van der Waals surface area contributed by atoms with Crippen LogP contribution in [0, 0.1) is 0 Å². The number of nitrogens with zero attached hydrogens (tertiary/aromatic N) is 1. The van der Waals surface area contributed by atoms with Crippen LogP contribution in [-0.4, -0.2) is 49.7 Å². The largest absolute Gasteiger partial charge is 0.314 e. The van der Waals surface area contributed by atoms with Gasteiger partial charge in [0, 0.05) is 25.2 Å². The van der Waals surface area contributed by atoms with Crippen LogP contribution < -0.4 is 10.6 Å². The molecule has 1 aliphatic heterocycles. The predicted octanol–water partition coefficient (Wildman–Crippen LogP) is 2.23. The van der Waals surface area contributed by atoms with Crippen molar-refractivity contribution in [1.29, 1.82) is 0 Å². The number of nitrogens with one attached hydrogen (secondary N) is 2. The normalized spacial score (nSPS) is 23.0. The van der Waals surface area contributed by atoms with E-state index in [1.165, 1.54) is 45.2 Å². The molecule has 18 heavy (non-hydrogen) atoms. The number of hydrogen-bond donors (Lipinski definition) is 2. The third-order valence-corrected chi connectivity index (χ3v) is 4.12. The summed E-state index contributed by atoms with van der Waals surface area (Å²) in [7, 11) is 0. The van der Waals surface area contributed by atoms with E-state index >= 15 is 0 Å². The van der Waals surface area contributed by atoms with Crippen molar-refractivity contribution in [3.05, 3.63) is 0 Å². The van der Waals surface area contributed by atoms with Crippen molar-refractivity contribution in [3.8, 4) is 0 Å². The maximum Gasteiger partial charge on any atom is 0.0107 e. The molecule has 1 heterocycles. The average Bonchev–Trinajstić information content (AvgIpc) is 2.63. The van der Waals surface area contributed by atoms with Crippen LogP contribution in [0.3, 0.4) is 0 Å². The molecular formula is C15H33N3. The van der Waals surface area contributed by atoms with E-state index in [-0.39, 0.29) is 0 Å². The molecule has 108 valence electrons. The zero-order valence-corrected chi connectivity index (χ0v) is 12.7. The van der Waals surface area contributed by atoms with E-state index in [4.69, 9.17) is 0 Å². The first-order chi connectivity index (χ1) is 8.76. The van der Waals surface area contributed by atoms with Gasteiger partial charge in [-0.15, -0.1) is 0 Å². The molecule has 1 saturated heterocycles. The van der Waals surface area contributed by atoms with Gasteiger partial charge < -0.3 is 15.5 Å². The molecule has 0 aliphatic carbocycles. The van der Waals surface area contributed by atoms with Crippen LogP contribution >= 0.6 is 0 Å². The smallest absolute Gasteiger partial charge is 0.0107 e. The Labute approximate surface area is 114 Å². The van der Waals surface area contributed by atoms with Crippen molar-refractivity contribution in [2.24, 2.45) is 0 Å². The zero-order chi connectivity index (χ0) is 13.2. The van der Waals surface area contributed by atoms with Gasteiger partial charge in [-0.3, -0.25) is 0 Å². The van der Waals surface area contributed by atoms with Crippen molar-refractivity contribution in [3.63, 3.8) is 0 Å². The second-order valence-corrected chi connectivity index (χ2v) is 5.62. The average molecular weight is 255 g/mol. The molecule has 1 rings (SSSR count). The molecule has 0 radical (unpaired) electrons. The Bertz CT molecular complexity index is 184. The first-order valence-corrected chi connectivity index (χ1v) is 7.95. The molecule has 2 unspecified atom stereocenters. The van der Waals surface area contributed by atoms with Gasteiger partial charge in [0.05, 0.1) is 0 Å². The lowest BCUT2D eigenvalue weighted by Crippen LogP contribution is -2.40. The molecule has 0 aromatic heterocycles. The van der Waals surface area contributed by atoms with Gasteiger partial charge in [0.2, 0.25) is 0 Å². The van der Waals surface area contributed by atoms with Gasteiger partial charge in [-0.2, -0.15) is 0 Å². The van der Waals surface area contributed by atoms with E-state index in [1.54, 1.807) is 0 Å². The summed E-state index contributed by atoms with van der Waals surface area (Å²) in [5.74, 6) is 0. The fraction of sp³-hybridized carbons (Fsp3) is 1.00. The Hall–Kier alpha value is -0.120. The molecule has 0 aromatic carbocycles. The molecule has 1 fully saturated rings. The Morgan fingerprint density at radius 3 is 2.72 bits per heavy atom. The fourth-order valence-corrected chi connectivity index (χ4v) is 2.82. The minimum Gasteiger partial charge on any atom is -0.314 e. The van der Waals surface area contributed by atoms with E-state index in [2.05, 4.69) is 36.3 Å². The SMILES string of the molecule is CCN(CC)CCNC(C)CC1CCCCCN1. The minimum atomic E-state index is 0.635. The van der Waals surface area contributed by atoms with Crippen LogP contribution in [0.5, 0.6) is 0 Å². The third kappa shape index (κ3) is 6.72. The van der Waals surface area contributed by atoms with Crippen LogP contribution in [-0.2, 0) is 0 Å². The van der Waals surface area contributed by atoms with Gasteiger partial charge >= 0.3 is 0 Å². The highest BCUT2D eigenvalue weighted by atomic mass is 15.1. The summed E-state index contributed by atoms with van der Waals surface area (Å²) in [6.45, 7) is 12.6. The van der Waals surface area contributed by atoms with E-state index in [0.717, 1.165) is 25.7 Å². The quantitative estimate of drug-likeness (QED) is 0.696. The number of rotatable bonds is 8. The van der Waals surface area contributed by atoms with Crippen LogP contribution in [0.15, 0.2) is 0 Å². The van der Waals surface area contributed by atoms with Gasteiger partial charge in [-0.05, 0) is 45.8 Å². The summed E-state index contributed by atoms with van der Waals surface area (Å²) in [5.41, 5.74) is 0. The van der Waals surface area contributed by atoms with Gasteiger partial charge in [0.15, 0.2) is 0 Å². The molecule has 0 bridgehead atoms. The molecule has 0 saturated carbocycles. The maximum atomic E-state index is 3.68. The highest BCUT2D eigenvalue weighted by Crippen LogP contribution is 2.12. The molecule has 1 aliphatic rings. The van der Waals surface area contributed by atoms with Gasteiger partial charge in [0.1, 0.15) is 0 Å². The lowest BCUT2D eigenvalue weighted by Gasteiger charge is -2.23. The number of hydrogen-bond acceptors (Lipinski definition) is 3. The molecule has 3 nitrogen and oxygen atoms in total. The predicted molar refractivity (Wildman–Crippen MR) is 80.1 cm³/mol. The van der Waals surface area contributed by atoms with Crippen molar-refractivity contribution >= 4 is 0 Å². The van der Waals surface area contributed by atoms with Crippen molar-refractivity contribution in [2.45, 2.75) is 65.0 Å². The van der Waals surface area contributed by atoms with E-state index in [9.17, 15) is 0 Å². The summed E-state index contributed by atoms with van der Waals surface area (Å²) in [5, 5.41) is 7.35. The summed E-state index contributed by atoms with van der Waals surface area (Å²) >= 11 is 0. The van der Waals surface area contributed by atoms with E-state index in [0.29, 0.717) is 6.04 Å². The highest BCUT2D eigenvalue weighted by Gasteiger charge is 2.14. The van der Waals surface area contributed by atoms with Crippen molar-refractivity contribution in [2.75, 3.05) is 32.7 Å². The first kappa shape index (κ1) is 15.9. The first-order valence-electron chi connectivity index (χ1n) is 7.95. The third-order valence-electron chi connectivity index (χ3n) is 4.12. The second-order valence-electron chi connectivity index (χ2n) is 5.62. The monoisotopic (exact) mass is 255 g/mol. The molecule has 0 amide bonds. The Balaban J connectivity index is 2.10. The lowest BCUT2D eigenvalue weighted by molar-refractivity contribution is 0.292. The van der Waals surface area contributed by atoms with Gasteiger partial charge in [-0.1, -0.05) is 26.7 Å². The molecular weight excluding hydrogens is 222 g/mol. The molecule has 2 atom stereocenters. The van der Waals surface area contributed by atoms with Crippen LogP contribution in [0.2, 0.25) is 0 Å². The van der Waals surface area contributed by atoms with Crippen molar-refractivity contribution < 1.29 is 0 Å². The van der Waals surface area contributed by atoms with Crippen LogP contribution in [0.4, 0.5) is 0 Å². The topological polar surface area (TPSA) is 27.3 Å². The van der Waals surface area contributed by atoms with Crippen molar-refractivity contribution in [1.82, 2.24) is 15.5 Å². The highest BCUT2D eigenvalue weighted by molar-refractivity contribution is 4.76. The van der Waals surface area contributed by atoms with Gasteiger partial charge in [0.25, 0.3) is 0 Å². The number of likely N-dealkylation sites (N-methyl/N-ethyl adjacent to an activating group) is 1. The standard InChI is InChI=1S/C15H33N3/c1-4-18(5-2)12-11-16-14(3)13-15-9-7-6-8-10-17-15/h14-17H,4-13H2,1-3H3. The minimum absolute atomic E-state index is 0.635. The van der Waals surface area contributed by atoms with Gasteiger partial charge in [-0.25, -0.2) is 0 Å². The summed E-state index contributed by atoms with van der Waals surface area (Å²) in [6.07, 6.45) is 6.82. The Kier molecular flexibility index (Phi) is 8.64. The van der Waals surface area contributed by atoms with Crippen LogP contribution in [0.25, 0.3) is 0 Å². The summed E-state index contributed by atoms with van der Waals surface area (Å²) in [4.78, 5) is 2.48. The van der Waals surface area contributed by atoms with E-state index < -0.39 is 0 Å².